The Hall–Kier alpha value is -2.73. The largest absolute Gasteiger partial charge is 0.453 e. The van der Waals surface area contributed by atoms with Gasteiger partial charge >= 0.3 is 6.09 Å². The van der Waals surface area contributed by atoms with E-state index in [-0.39, 0.29) is 5.82 Å². The molecule has 0 aromatic heterocycles. The summed E-state index contributed by atoms with van der Waals surface area (Å²) in [7, 11) is 1.19. The molecule has 138 valence electrons. The average molecular weight is 358 g/mol. The lowest BCUT2D eigenvalue weighted by atomic mass is 9.96. The third kappa shape index (κ3) is 5.13. The van der Waals surface area contributed by atoms with Crippen LogP contribution in [0.25, 0.3) is 0 Å². The van der Waals surface area contributed by atoms with E-state index in [2.05, 4.69) is 22.3 Å². The van der Waals surface area contributed by atoms with Crippen LogP contribution in [0.15, 0.2) is 48.5 Å². The van der Waals surface area contributed by atoms with E-state index in [1.54, 1.807) is 19.1 Å². The van der Waals surface area contributed by atoms with Crippen molar-refractivity contribution in [2.45, 2.75) is 32.4 Å². The number of carbonyl (C=O) groups is 2. The minimum Gasteiger partial charge on any atom is -0.453 e. The first-order valence-electron chi connectivity index (χ1n) is 8.43. The highest BCUT2D eigenvalue weighted by atomic mass is 19.1. The molecule has 5 nitrogen and oxygen atoms in total. The molecule has 0 saturated heterocycles. The van der Waals surface area contributed by atoms with Crippen LogP contribution in [0.1, 0.15) is 36.6 Å². The van der Waals surface area contributed by atoms with Gasteiger partial charge in [-0.3, -0.25) is 15.4 Å². The third-order valence-corrected chi connectivity index (χ3v) is 4.12. The lowest BCUT2D eigenvalue weighted by Crippen LogP contribution is -2.46. The minimum absolute atomic E-state index is 0.355. The Morgan fingerprint density at radius 1 is 1.12 bits per heavy atom. The maximum absolute atomic E-state index is 13.7. The minimum atomic E-state index is -0.821. The monoisotopic (exact) mass is 358 g/mol. The van der Waals surface area contributed by atoms with Gasteiger partial charge in [0.15, 0.2) is 0 Å². The number of benzene rings is 2. The normalized spacial score (nSPS) is 12.9. The SMILES string of the molecule is CCc1ccc([C@H](N[C@@H](C)C(=O)NC(=O)OC)c2cccc(F)c2)cc1. The number of aryl methyl sites for hydroxylation is 1. The zero-order valence-electron chi connectivity index (χ0n) is 15.1. The van der Waals surface area contributed by atoms with Gasteiger partial charge in [0.25, 0.3) is 0 Å². The fourth-order valence-electron chi connectivity index (χ4n) is 2.60. The summed E-state index contributed by atoms with van der Waals surface area (Å²) in [5.74, 6) is -0.880. The summed E-state index contributed by atoms with van der Waals surface area (Å²) in [5.41, 5.74) is 2.76. The quantitative estimate of drug-likeness (QED) is 0.831. The number of rotatable bonds is 6. The highest BCUT2D eigenvalue weighted by Crippen LogP contribution is 2.24. The zero-order chi connectivity index (χ0) is 19.1. The van der Waals surface area contributed by atoms with Gasteiger partial charge in [0.05, 0.1) is 19.2 Å². The number of ether oxygens (including phenoxy) is 1. The average Bonchev–Trinajstić information content (AvgIpc) is 2.65. The van der Waals surface area contributed by atoms with Crippen molar-refractivity contribution in [2.75, 3.05) is 7.11 Å². The molecule has 0 aliphatic rings. The van der Waals surface area contributed by atoms with Crippen LogP contribution in [-0.4, -0.2) is 25.2 Å². The van der Waals surface area contributed by atoms with Gasteiger partial charge in [-0.05, 0) is 42.2 Å². The second-order valence-electron chi connectivity index (χ2n) is 5.95. The maximum atomic E-state index is 13.7. The fourth-order valence-corrected chi connectivity index (χ4v) is 2.60. The van der Waals surface area contributed by atoms with E-state index in [1.165, 1.54) is 24.8 Å². The van der Waals surface area contributed by atoms with Crippen molar-refractivity contribution in [2.24, 2.45) is 0 Å². The molecule has 0 bridgehead atoms. The Morgan fingerprint density at radius 2 is 1.81 bits per heavy atom. The van der Waals surface area contributed by atoms with E-state index in [1.807, 2.05) is 24.3 Å². The third-order valence-electron chi connectivity index (χ3n) is 4.12. The predicted octanol–water partition coefficient (Wildman–Crippen LogP) is 3.34. The predicted molar refractivity (Wildman–Crippen MR) is 97.2 cm³/mol. The Kier molecular flexibility index (Phi) is 6.86. The molecule has 2 aromatic rings. The molecule has 0 aliphatic heterocycles. The molecule has 2 rings (SSSR count). The number of alkyl carbamates (subject to hydrolysis) is 1. The molecule has 2 atom stereocenters. The molecule has 0 radical (unpaired) electrons. The molecule has 2 N–H and O–H groups in total. The van der Waals surface area contributed by atoms with Gasteiger partial charge in [0.2, 0.25) is 5.91 Å². The lowest BCUT2D eigenvalue weighted by molar-refractivity contribution is -0.122. The van der Waals surface area contributed by atoms with Crippen molar-refractivity contribution in [1.82, 2.24) is 10.6 Å². The molecule has 0 heterocycles. The van der Waals surface area contributed by atoms with Crippen molar-refractivity contribution in [3.63, 3.8) is 0 Å². The smallest absolute Gasteiger partial charge is 0.413 e. The van der Waals surface area contributed by atoms with Gasteiger partial charge in [-0.1, -0.05) is 43.3 Å². The van der Waals surface area contributed by atoms with E-state index in [9.17, 15) is 14.0 Å². The van der Waals surface area contributed by atoms with E-state index in [0.29, 0.717) is 5.56 Å². The number of methoxy groups -OCH3 is 1. The van der Waals surface area contributed by atoms with Crippen molar-refractivity contribution < 1.29 is 18.7 Å². The van der Waals surface area contributed by atoms with Crippen LogP contribution in [0, 0.1) is 5.82 Å². The molecule has 0 fully saturated rings. The summed E-state index contributed by atoms with van der Waals surface area (Å²) in [6, 6.07) is 13.0. The molecule has 26 heavy (non-hydrogen) atoms. The van der Waals surface area contributed by atoms with Gasteiger partial charge < -0.3 is 4.74 Å². The first kappa shape index (κ1) is 19.6. The lowest BCUT2D eigenvalue weighted by Gasteiger charge is -2.24. The van der Waals surface area contributed by atoms with Crippen LogP contribution in [0.3, 0.4) is 0 Å². The maximum Gasteiger partial charge on any atom is 0.413 e. The number of amides is 2. The summed E-state index contributed by atoms with van der Waals surface area (Å²) in [5, 5.41) is 5.29. The fraction of sp³-hybridized carbons (Fsp3) is 0.300. The summed E-state index contributed by atoms with van der Waals surface area (Å²) in [6.07, 6.45) is 0.0919. The first-order chi connectivity index (χ1) is 12.4. The second-order valence-corrected chi connectivity index (χ2v) is 5.95. The van der Waals surface area contributed by atoms with Gasteiger partial charge in [-0.2, -0.15) is 0 Å². The number of imide groups is 1. The van der Waals surface area contributed by atoms with Gasteiger partial charge in [-0.15, -0.1) is 0 Å². The Balaban J connectivity index is 2.28. The summed E-state index contributed by atoms with van der Waals surface area (Å²) < 4.78 is 18.1. The van der Waals surface area contributed by atoms with Crippen LogP contribution in [-0.2, 0) is 16.0 Å². The molecule has 0 unspecified atom stereocenters. The topological polar surface area (TPSA) is 67.4 Å². The Morgan fingerprint density at radius 3 is 2.38 bits per heavy atom. The number of nitrogens with one attached hydrogen (secondary N) is 2. The Bertz CT molecular complexity index is 762. The van der Waals surface area contributed by atoms with Crippen molar-refractivity contribution in [3.05, 3.63) is 71.0 Å². The standard InChI is InChI=1S/C20H23FN2O3/c1-4-14-8-10-15(11-9-14)18(16-6-5-7-17(21)12-16)22-13(2)19(24)23-20(25)26-3/h5-13,18,22H,4H2,1-3H3,(H,23,24,25)/t13-,18-/m0/s1. The van der Waals surface area contributed by atoms with Gasteiger partial charge in [0, 0.05) is 0 Å². The number of hydrogen-bond donors (Lipinski definition) is 2. The van der Waals surface area contributed by atoms with Crippen LogP contribution in [0.4, 0.5) is 9.18 Å². The molecule has 0 aliphatic carbocycles. The van der Waals surface area contributed by atoms with Gasteiger partial charge in [-0.25, -0.2) is 9.18 Å². The highest BCUT2D eigenvalue weighted by Gasteiger charge is 2.22. The van der Waals surface area contributed by atoms with Crippen LogP contribution in [0.2, 0.25) is 0 Å². The summed E-state index contributed by atoms with van der Waals surface area (Å²) >= 11 is 0. The van der Waals surface area contributed by atoms with Crippen LogP contribution >= 0.6 is 0 Å². The van der Waals surface area contributed by atoms with Crippen LogP contribution < -0.4 is 10.6 Å². The highest BCUT2D eigenvalue weighted by molar-refractivity contribution is 5.94. The van der Waals surface area contributed by atoms with Crippen molar-refractivity contribution in [1.29, 1.82) is 0 Å². The van der Waals surface area contributed by atoms with Crippen molar-refractivity contribution in [3.8, 4) is 0 Å². The van der Waals surface area contributed by atoms with E-state index >= 15 is 0 Å². The molecule has 2 amide bonds. The molecule has 2 aromatic carbocycles. The first-order valence-corrected chi connectivity index (χ1v) is 8.43. The second kappa shape index (κ2) is 9.10. The summed E-state index contributed by atoms with van der Waals surface area (Å²) in [4.78, 5) is 23.4. The number of hydrogen-bond acceptors (Lipinski definition) is 4. The zero-order valence-corrected chi connectivity index (χ0v) is 15.1. The van der Waals surface area contributed by atoms with Crippen LogP contribution in [0.5, 0.6) is 0 Å². The Labute approximate surface area is 152 Å². The van der Waals surface area contributed by atoms with E-state index in [0.717, 1.165) is 12.0 Å². The van der Waals surface area contributed by atoms with Crippen molar-refractivity contribution >= 4 is 12.0 Å². The van der Waals surface area contributed by atoms with Gasteiger partial charge in [0.1, 0.15) is 5.82 Å². The molecular formula is C20H23FN2O3. The molecule has 0 spiro atoms. The van der Waals surface area contributed by atoms with E-state index < -0.39 is 24.1 Å². The molecule has 0 saturated carbocycles. The molecular weight excluding hydrogens is 335 g/mol. The van der Waals surface area contributed by atoms with E-state index in [4.69, 9.17) is 0 Å². The molecule has 6 heteroatoms. The number of carbonyl (C=O) groups excluding carboxylic acids is 2. The summed E-state index contributed by atoms with van der Waals surface area (Å²) in [6.45, 7) is 3.70. The number of halogens is 1.